The zero-order valence-electron chi connectivity index (χ0n) is 8.64. The SMILES string of the molecule is O=[N+]([O-])c1c(OC(F)(F)F)ccc2ncccc12. The summed E-state index contributed by atoms with van der Waals surface area (Å²) in [4.78, 5) is 13.7. The summed E-state index contributed by atoms with van der Waals surface area (Å²) >= 11 is 0. The molecule has 0 aliphatic rings. The van der Waals surface area contributed by atoms with Gasteiger partial charge in [0.05, 0.1) is 15.8 Å². The lowest BCUT2D eigenvalue weighted by Gasteiger charge is -2.09. The van der Waals surface area contributed by atoms with Crippen LogP contribution in [0.2, 0.25) is 0 Å². The second kappa shape index (κ2) is 4.13. The molecular formula is C10H5F3N2O3. The predicted octanol–water partition coefficient (Wildman–Crippen LogP) is 3.04. The zero-order valence-corrected chi connectivity index (χ0v) is 8.64. The lowest BCUT2D eigenvalue weighted by Crippen LogP contribution is -2.18. The number of benzene rings is 1. The van der Waals surface area contributed by atoms with Crippen molar-refractivity contribution in [3.8, 4) is 5.75 Å². The molecule has 0 aliphatic heterocycles. The summed E-state index contributed by atoms with van der Waals surface area (Å²) in [7, 11) is 0. The number of ether oxygens (including phenoxy) is 1. The molecular weight excluding hydrogens is 253 g/mol. The van der Waals surface area contributed by atoms with Crippen molar-refractivity contribution in [3.63, 3.8) is 0 Å². The molecule has 1 heterocycles. The lowest BCUT2D eigenvalue weighted by molar-refractivity contribution is -0.386. The van der Waals surface area contributed by atoms with E-state index in [-0.39, 0.29) is 10.9 Å². The van der Waals surface area contributed by atoms with Crippen molar-refractivity contribution in [1.82, 2.24) is 4.98 Å². The van der Waals surface area contributed by atoms with Crippen molar-refractivity contribution in [1.29, 1.82) is 0 Å². The molecule has 0 N–H and O–H groups in total. The highest BCUT2D eigenvalue weighted by Crippen LogP contribution is 2.37. The number of rotatable bonds is 2. The number of pyridine rings is 1. The first kappa shape index (κ1) is 12.1. The minimum atomic E-state index is -4.99. The van der Waals surface area contributed by atoms with Gasteiger partial charge in [-0.25, -0.2) is 0 Å². The molecule has 5 nitrogen and oxygen atoms in total. The summed E-state index contributed by atoms with van der Waals surface area (Å²) in [6.45, 7) is 0. The molecule has 2 aromatic rings. The molecule has 2 rings (SSSR count). The number of aromatic nitrogens is 1. The Morgan fingerprint density at radius 2 is 2.00 bits per heavy atom. The lowest BCUT2D eigenvalue weighted by atomic mass is 10.1. The Labute approximate surface area is 98.0 Å². The number of nitrogens with zero attached hydrogens (tertiary/aromatic N) is 2. The van der Waals surface area contributed by atoms with Gasteiger partial charge in [-0.1, -0.05) is 0 Å². The molecule has 0 atom stereocenters. The Bertz CT molecular complexity index is 613. The molecule has 0 radical (unpaired) electrons. The number of hydrogen-bond donors (Lipinski definition) is 0. The molecule has 1 aromatic heterocycles. The molecule has 0 saturated heterocycles. The number of halogens is 3. The number of nitro benzene ring substituents is 1. The highest BCUT2D eigenvalue weighted by Gasteiger charge is 2.35. The first-order valence-corrected chi connectivity index (χ1v) is 4.66. The molecule has 18 heavy (non-hydrogen) atoms. The van der Waals surface area contributed by atoms with Gasteiger partial charge in [-0.15, -0.1) is 13.2 Å². The van der Waals surface area contributed by atoms with Gasteiger partial charge in [0.1, 0.15) is 0 Å². The fourth-order valence-corrected chi connectivity index (χ4v) is 1.51. The van der Waals surface area contributed by atoms with Crippen LogP contribution in [0.25, 0.3) is 10.9 Å². The summed E-state index contributed by atoms with van der Waals surface area (Å²) in [5.74, 6) is -0.854. The Kier molecular flexibility index (Phi) is 2.77. The fourth-order valence-electron chi connectivity index (χ4n) is 1.51. The standard InChI is InChI=1S/C10H5F3N2O3/c11-10(12,13)18-8-4-3-7-6(2-1-5-14-7)9(8)15(16)17/h1-5H. The van der Waals surface area contributed by atoms with Crippen molar-refractivity contribution >= 4 is 16.6 Å². The number of alkyl halides is 3. The van der Waals surface area contributed by atoms with Gasteiger partial charge in [0.25, 0.3) is 0 Å². The van der Waals surface area contributed by atoms with Crippen LogP contribution in [0.15, 0.2) is 30.5 Å². The maximum atomic E-state index is 12.1. The summed E-state index contributed by atoms with van der Waals surface area (Å²) in [6, 6.07) is 4.81. The van der Waals surface area contributed by atoms with E-state index in [1.165, 1.54) is 24.4 Å². The molecule has 8 heteroatoms. The summed E-state index contributed by atoms with van der Waals surface area (Å²) in [5.41, 5.74) is -0.531. The van der Waals surface area contributed by atoms with Gasteiger partial charge in [-0.3, -0.25) is 15.1 Å². The third-order valence-electron chi connectivity index (χ3n) is 2.13. The molecule has 0 amide bonds. The summed E-state index contributed by atoms with van der Waals surface area (Å²) in [6.07, 6.45) is -3.60. The highest BCUT2D eigenvalue weighted by atomic mass is 19.4. The van der Waals surface area contributed by atoms with Crippen molar-refractivity contribution in [2.45, 2.75) is 6.36 Å². The Morgan fingerprint density at radius 3 is 2.61 bits per heavy atom. The third-order valence-corrected chi connectivity index (χ3v) is 2.13. The van der Waals surface area contributed by atoms with Crippen molar-refractivity contribution in [2.75, 3.05) is 0 Å². The second-order valence-corrected chi connectivity index (χ2v) is 3.29. The van der Waals surface area contributed by atoms with Crippen LogP contribution in [0.4, 0.5) is 18.9 Å². The van der Waals surface area contributed by atoms with Crippen LogP contribution in [0.3, 0.4) is 0 Å². The average Bonchev–Trinajstić information content (AvgIpc) is 2.26. The van der Waals surface area contributed by atoms with Crippen molar-refractivity contribution < 1.29 is 22.8 Å². The van der Waals surface area contributed by atoms with Gasteiger partial charge < -0.3 is 4.74 Å². The molecule has 94 valence electrons. The predicted molar refractivity (Wildman–Crippen MR) is 55.1 cm³/mol. The van der Waals surface area contributed by atoms with Gasteiger partial charge in [-0.05, 0) is 24.3 Å². The summed E-state index contributed by atoms with van der Waals surface area (Å²) < 4.78 is 40.0. The van der Waals surface area contributed by atoms with Crippen LogP contribution in [0.1, 0.15) is 0 Å². The largest absolute Gasteiger partial charge is 0.573 e. The van der Waals surface area contributed by atoms with Gasteiger partial charge in [0.15, 0.2) is 0 Å². The van der Waals surface area contributed by atoms with E-state index >= 15 is 0 Å². The quantitative estimate of drug-likeness (QED) is 0.613. The molecule has 0 aliphatic carbocycles. The van der Waals surface area contributed by atoms with Crippen molar-refractivity contribution in [3.05, 3.63) is 40.6 Å². The molecule has 0 saturated carbocycles. The summed E-state index contributed by atoms with van der Waals surface area (Å²) in [5, 5.41) is 10.8. The van der Waals surface area contributed by atoms with Gasteiger partial charge >= 0.3 is 12.0 Å². The van der Waals surface area contributed by atoms with E-state index in [9.17, 15) is 23.3 Å². The van der Waals surface area contributed by atoms with Gasteiger partial charge in [-0.2, -0.15) is 0 Å². The van der Waals surface area contributed by atoms with E-state index in [2.05, 4.69) is 9.72 Å². The third kappa shape index (κ3) is 2.31. The van der Waals surface area contributed by atoms with E-state index in [4.69, 9.17) is 0 Å². The topological polar surface area (TPSA) is 65.3 Å². The minimum absolute atomic E-state index is 0.00995. The molecule has 0 unspecified atom stereocenters. The van der Waals surface area contributed by atoms with Crippen LogP contribution in [-0.2, 0) is 0 Å². The molecule has 0 spiro atoms. The maximum absolute atomic E-state index is 12.1. The van der Waals surface area contributed by atoms with E-state index < -0.39 is 22.7 Å². The Morgan fingerprint density at radius 1 is 1.28 bits per heavy atom. The molecule has 0 fully saturated rings. The molecule has 1 aromatic carbocycles. The Balaban J connectivity index is 2.67. The first-order valence-electron chi connectivity index (χ1n) is 4.66. The van der Waals surface area contributed by atoms with Crippen molar-refractivity contribution in [2.24, 2.45) is 0 Å². The molecule has 0 bridgehead atoms. The van der Waals surface area contributed by atoms with E-state index in [0.717, 1.165) is 6.07 Å². The van der Waals surface area contributed by atoms with Crippen LogP contribution in [0.5, 0.6) is 5.75 Å². The normalized spacial score (nSPS) is 11.5. The van der Waals surface area contributed by atoms with E-state index in [0.29, 0.717) is 0 Å². The smallest absolute Gasteiger partial charge is 0.398 e. The first-order chi connectivity index (χ1) is 8.38. The maximum Gasteiger partial charge on any atom is 0.573 e. The van der Waals surface area contributed by atoms with E-state index in [1.54, 1.807) is 0 Å². The monoisotopic (exact) mass is 258 g/mol. The van der Waals surface area contributed by atoms with E-state index in [1.807, 2.05) is 0 Å². The van der Waals surface area contributed by atoms with Gasteiger partial charge in [0.2, 0.25) is 5.75 Å². The second-order valence-electron chi connectivity index (χ2n) is 3.29. The van der Waals surface area contributed by atoms with Crippen LogP contribution in [0, 0.1) is 10.1 Å². The number of fused-ring (bicyclic) bond motifs is 1. The highest BCUT2D eigenvalue weighted by molar-refractivity contribution is 5.90. The van der Waals surface area contributed by atoms with Gasteiger partial charge in [0, 0.05) is 6.20 Å². The number of nitro groups is 1. The van der Waals surface area contributed by atoms with Crippen LogP contribution >= 0.6 is 0 Å². The zero-order chi connectivity index (χ0) is 13.3. The van der Waals surface area contributed by atoms with Crippen LogP contribution in [-0.4, -0.2) is 16.3 Å². The number of hydrogen-bond acceptors (Lipinski definition) is 4. The average molecular weight is 258 g/mol. The van der Waals surface area contributed by atoms with Crippen LogP contribution < -0.4 is 4.74 Å². The fraction of sp³-hybridized carbons (Fsp3) is 0.100. The minimum Gasteiger partial charge on any atom is -0.398 e. The Hall–Kier alpha value is -2.38.